The van der Waals surface area contributed by atoms with E-state index >= 15 is 0 Å². The van der Waals surface area contributed by atoms with Crippen LogP contribution < -0.4 is 5.32 Å². The zero-order valence-electron chi connectivity index (χ0n) is 9.93. The Morgan fingerprint density at radius 1 is 1.27 bits per heavy atom. The number of hydrogen-bond donors (Lipinski definition) is 1. The van der Waals surface area contributed by atoms with Gasteiger partial charge in [-0.1, -0.05) is 6.92 Å². The summed E-state index contributed by atoms with van der Waals surface area (Å²) in [5.41, 5.74) is 0.697. The van der Waals surface area contributed by atoms with Gasteiger partial charge in [0.1, 0.15) is 0 Å². The van der Waals surface area contributed by atoms with Gasteiger partial charge in [-0.2, -0.15) is 11.8 Å². The summed E-state index contributed by atoms with van der Waals surface area (Å²) in [7, 11) is 0. The standard InChI is InChI=1S/C12H24N2S/c1-2-15-10-9-14-8-5-12(11-14)3-6-13-7-4-12/h13H,2-11H2,1H3. The van der Waals surface area contributed by atoms with Gasteiger partial charge in [0.05, 0.1) is 0 Å². The topological polar surface area (TPSA) is 15.3 Å². The Kier molecular flexibility index (Phi) is 4.35. The molecule has 0 aromatic carbocycles. The lowest BCUT2D eigenvalue weighted by Gasteiger charge is -2.33. The van der Waals surface area contributed by atoms with Crippen LogP contribution in [0, 0.1) is 5.41 Å². The fraction of sp³-hybridized carbons (Fsp3) is 1.00. The van der Waals surface area contributed by atoms with Gasteiger partial charge in [-0.05, 0) is 50.1 Å². The SMILES string of the molecule is CCSCCN1CCC2(CCNCC2)C1. The summed E-state index contributed by atoms with van der Waals surface area (Å²) in [5.74, 6) is 2.59. The first-order chi connectivity index (χ1) is 7.35. The Hall–Kier alpha value is 0.270. The molecule has 0 aromatic rings. The highest BCUT2D eigenvalue weighted by atomic mass is 32.2. The molecule has 0 radical (unpaired) electrons. The molecule has 2 nitrogen and oxygen atoms in total. The van der Waals surface area contributed by atoms with Crippen LogP contribution in [0.5, 0.6) is 0 Å². The van der Waals surface area contributed by atoms with Crippen molar-refractivity contribution in [2.24, 2.45) is 5.41 Å². The summed E-state index contributed by atoms with van der Waals surface area (Å²) in [6, 6.07) is 0. The van der Waals surface area contributed by atoms with Crippen molar-refractivity contribution >= 4 is 11.8 Å². The van der Waals surface area contributed by atoms with E-state index in [9.17, 15) is 0 Å². The summed E-state index contributed by atoms with van der Waals surface area (Å²) >= 11 is 2.08. The molecule has 1 spiro atoms. The van der Waals surface area contributed by atoms with Gasteiger partial charge < -0.3 is 10.2 Å². The summed E-state index contributed by atoms with van der Waals surface area (Å²) in [6.07, 6.45) is 4.26. The molecular formula is C12H24N2S. The number of piperidine rings is 1. The molecule has 2 aliphatic heterocycles. The van der Waals surface area contributed by atoms with Gasteiger partial charge in [0.25, 0.3) is 0 Å². The van der Waals surface area contributed by atoms with Crippen molar-refractivity contribution in [3.05, 3.63) is 0 Å². The van der Waals surface area contributed by atoms with Gasteiger partial charge in [0.2, 0.25) is 0 Å². The molecule has 0 aromatic heterocycles. The molecule has 0 unspecified atom stereocenters. The quantitative estimate of drug-likeness (QED) is 0.739. The molecule has 15 heavy (non-hydrogen) atoms. The molecule has 0 amide bonds. The zero-order valence-corrected chi connectivity index (χ0v) is 10.7. The largest absolute Gasteiger partial charge is 0.317 e. The van der Waals surface area contributed by atoms with Crippen LogP contribution in [0.1, 0.15) is 26.2 Å². The van der Waals surface area contributed by atoms with Crippen molar-refractivity contribution in [3.8, 4) is 0 Å². The van der Waals surface area contributed by atoms with E-state index in [-0.39, 0.29) is 0 Å². The Morgan fingerprint density at radius 3 is 2.80 bits per heavy atom. The minimum absolute atomic E-state index is 0.697. The van der Waals surface area contributed by atoms with E-state index in [1.54, 1.807) is 0 Å². The summed E-state index contributed by atoms with van der Waals surface area (Å²) in [4.78, 5) is 2.69. The highest BCUT2D eigenvalue weighted by molar-refractivity contribution is 7.99. The molecule has 3 heteroatoms. The molecule has 0 saturated carbocycles. The molecular weight excluding hydrogens is 204 g/mol. The molecule has 0 aliphatic carbocycles. The minimum atomic E-state index is 0.697. The Morgan fingerprint density at radius 2 is 2.07 bits per heavy atom. The zero-order chi connectivity index (χ0) is 10.6. The molecule has 2 aliphatic rings. The summed E-state index contributed by atoms with van der Waals surface area (Å²) in [5, 5.41) is 3.48. The van der Waals surface area contributed by atoms with E-state index in [0.29, 0.717) is 5.41 Å². The second-order valence-electron chi connectivity index (χ2n) is 4.97. The van der Waals surface area contributed by atoms with Gasteiger partial charge in [-0.3, -0.25) is 0 Å². The molecule has 2 heterocycles. The van der Waals surface area contributed by atoms with Crippen LogP contribution in [-0.2, 0) is 0 Å². The maximum absolute atomic E-state index is 3.48. The molecule has 2 saturated heterocycles. The van der Waals surface area contributed by atoms with Crippen molar-refractivity contribution < 1.29 is 0 Å². The number of nitrogens with one attached hydrogen (secondary N) is 1. The number of rotatable bonds is 4. The highest BCUT2D eigenvalue weighted by Gasteiger charge is 2.38. The van der Waals surface area contributed by atoms with Crippen LogP contribution in [0.25, 0.3) is 0 Å². The van der Waals surface area contributed by atoms with Gasteiger partial charge in [0.15, 0.2) is 0 Å². The first kappa shape index (κ1) is 11.7. The smallest absolute Gasteiger partial charge is 0.00726 e. The predicted octanol–water partition coefficient (Wildman–Crippen LogP) is 1.82. The van der Waals surface area contributed by atoms with Gasteiger partial charge >= 0.3 is 0 Å². The van der Waals surface area contributed by atoms with Crippen molar-refractivity contribution in [1.29, 1.82) is 0 Å². The molecule has 0 bridgehead atoms. The third-order valence-corrected chi connectivity index (χ3v) is 4.82. The maximum Gasteiger partial charge on any atom is 0.00726 e. The van der Waals surface area contributed by atoms with E-state index in [4.69, 9.17) is 0 Å². The molecule has 0 atom stereocenters. The number of likely N-dealkylation sites (tertiary alicyclic amines) is 1. The van der Waals surface area contributed by atoms with E-state index in [1.165, 1.54) is 63.5 Å². The molecule has 88 valence electrons. The fourth-order valence-corrected chi connectivity index (χ4v) is 3.60. The fourth-order valence-electron chi connectivity index (χ4n) is 2.92. The number of hydrogen-bond acceptors (Lipinski definition) is 3. The lowest BCUT2D eigenvalue weighted by atomic mass is 9.78. The Labute approximate surface area is 98.2 Å². The van der Waals surface area contributed by atoms with Crippen LogP contribution in [-0.4, -0.2) is 49.1 Å². The second-order valence-corrected chi connectivity index (χ2v) is 6.37. The van der Waals surface area contributed by atoms with Gasteiger partial charge in [-0.25, -0.2) is 0 Å². The van der Waals surface area contributed by atoms with E-state index in [0.717, 1.165) is 0 Å². The van der Waals surface area contributed by atoms with Gasteiger partial charge in [0, 0.05) is 18.8 Å². The van der Waals surface area contributed by atoms with Gasteiger partial charge in [-0.15, -0.1) is 0 Å². The average Bonchev–Trinajstić information content (AvgIpc) is 2.63. The van der Waals surface area contributed by atoms with Crippen LogP contribution in [0.2, 0.25) is 0 Å². The average molecular weight is 228 g/mol. The minimum Gasteiger partial charge on any atom is -0.317 e. The number of nitrogens with zero attached hydrogens (tertiary/aromatic N) is 1. The predicted molar refractivity (Wildman–Crippen MR) is 68.6 cm³/mol. The maximum atomic E-state index is 3.48. The summed E-state index contributed by atoms with van der Waals surface area (Å²) < 4.78 is 0. The highest BCUT2D eigenvalue weighted by Crippen LogP contribution is 2.38. The van der Waals surface area contributed by atoms with Crippen molar-refractivity contribution in [2.75, 3.05) is 44.2 Å². The number of thioether (sulfide) groups is 1. The van der Waals surface area contributed by atoms with E-state index in [1.807, 2.05) is 0 Å². The normalized spacial score (nSPS) is 26.2. The summed E-state index contributed by atoms with van der Waals surface area (Å²) in [6.45, 7) is 8.79. The third kappa shape index (κ3) is 3.11. The van der Waals surface area contributed by atoms with Crippen LogP contribution in [0.4, 0.5) is 0 Å². The Balaban J connectivity index is 1.73. The van der Waals surface area contributed by atoms with Crippen LogP contribution in [0.15, 0.2) is 0 Å². The van der Waals surface area contributed by atoms with E-state index < -0.39 is 0 Å². The van der Waals surface area contributed by atoms with Crippen molar-refractivity contribution in [2.45, 2.75) is 26.2 Å². The second kappa shape index (κ2) is 5.55. The van der Waals surface area contributed by atoms with E-state index in [2.05, 4.69) is 28.9 Å². The molecule has 2 rings (SSSR count). The molecule has 1 N–H and O–H groups in total. The van der Waals surface area contributed by atoms with Crippen LogP contribution >= 0.6 is 11.8 Å². The first-order valence-electron chi connectivity index (χ1n) is 6.35. The lowest BCUT2D eigenvalue weighted by molar-refractivity contribution is 0.200. The Bertz CT molecular complexity index is 188. The molecule has 2 fully saturated rings. The third-order valence-electron chi connectivity index (χ3n) is 3.94. The monoisotopic (exact) mass is 228 g/mol. The van der Waals surface area contributed by atoms with Crippen molar-refractivity contribution in [1.82, 2.24) is 10.2 Å². The lowest BCUT2D eigenvalue weighted by Crippen LogP contribution is -2.38. The van der Waals surface area contributed by atoms with Crippen molar-refractivity contribution in [3.63, 3.8) is 0 Å². The van der Waals surface area contributed by atoms with Crippen LogP contribution in [0.3, 0.4) is 0 Å². The first-order valence-corrected chi connectivity index (χ1v) is 7.51.